The third kappa shape index (κ3) is 5.58. The molecule has 7 heteroatoms. The van der Waals surface area contributed by atoms with Gasteiger partial charge in [0.1, 0.15) is 5.25 Å². The van der Waals surface area contributed by atoms with Crippen molar-refractivity contribution in [3.63, 3.8) is 0 Å². The van der Waals surface area contributed by atoms with Crippen LogP contribution in [0.15, 0.2) is 53.5 Å². The zero-order valence-electron chi connectivity index (χ0n) is 18.5. The van der Waals surface area contributed by atoms with Gasteiger partial charge in [0.25, 0.3) is 0 Å². The van der Waals surface area contributed by atoms with Crippen LogP contribution in [0.5, 0.6) is 0 Å². The van der Waals surface area contributed by atoms with E-state index in [9.17, 15) is 9.59 Å². The molecule has 0 bridgehead atoms. The Labute approximate surface area is 193 Å². The number of nitrogens with zero attached hydrogens (tertiary/aromatic N) is 2. The monoisotopic (exact) mass is 451 g/mol. The molecule has 0 aromatic heterocycles. The van der Waals surface area contributed by atoms with E-state index in [1.165, 1.54) is 17.3 Å². The van der Waals surface area contributed by atoms with Crippen LogP contribution in [0.4, 0.5) is 11.4 Å². The molecule has 32 heavy (non-hydrogen) atoms. The van der Waals surface area contributed by atoms with Crippen molar-refractivity contribution < 1.29 is 14.3 Å². The summed E-state index contributed by atoms with van der Waals surface area (Å²) in [5.41, 5.74) is 3.91. The minimum atomic E-state index is -0.490. The number of rotatable bonds is 7. The predicted octanol–water partition coefficient (Wildman–Crippen LogP) is 4.70. The first kappa shape index (κ1) is 22.6. The molecule has 0 radical (unpaired) electrons. The number of benzene rings is 2. The zero-order valence-corrected chi connectivity index (χ0v) is 19.4. The Bertz CT molecular complexity index is 982. The molecule has 4 rings (SSSR count). The molecule has 1 N–H and O–H groups in total. The molecule has 0 aliphatic carbocycles. The summed E-state index contributed by atoms with van der Waals surface area (Å²) in [4.78, 5) is 32.3. The highest BCUT2D eigenvalue weighted by molar-refractivity contribution is 8.15. The number of hydrogen-bond donors (Lipinski definition) is 1. The van der Waals surface area contributed by atoms with Crippen molar-refractivity contribution in [1.29, 1.82) is 0 Å². The number of aryl methyl sites for hydroxylation is 2. The van der Waals surface area contributed by atoms with Gasteiger partial charge in [0.2, 0.25) is 11.8 Å². The number of nitrogens with one attached hydrogen (secondary N) is 1. The topological polar surface area (TPSA) is 71.0 Å². The number of anilines is 1. The molecule has 6 nitrogen and oxygen atoms in total. The first-order valence-corrected chi connectivity index (χ1v) is 12.0. The minimum absolute atomic E-state index is 0.0207. The second-order valence-corrected chi connectivity index (χ2v) is 9.39. The van der Waals surface area contributed by atoms with E-state index < -0.39 is 5.25 Å². The normalized spacial score (nSPS) is 22.0. The highest BCUT2D eigenvalue weighted by Gasteiger charge is 2.40. The molecule has 2 aliphatic rings. The molecule has 0 saturated carbocycles. The number of ether oxygens (including phenoxy) is 1. The quantitative estimate of drug-likeness (QED) is 0.663. The number of carbonyl (C=O) groups excluding carboxylic acids is 2. The molecule has 2 unspecified atom stereocenters. The number of thioether (sulfide) groups is 1. The summed E-state index contributed by atoms with van der Waals surface area (Å²) in [6.07, 6.45) is 3.03. The Morgan fingerprint density at radius 3 is 2.59 bits per heavy atom. The van der Waals surface area contributed by atoms with Crippen LogP contribution in [0.3, 0.4) is 0 Å². The SMILES string of the molecule is CCc1ccc(N=C2SC(CC(=O)Nc3ccc(C)cc3)C(=O)N2CC2CCCO2)cc1. The second-order valence-electron chi connectivity index (χ2n) is 8.22. The van der Waals surface area contributed by atoms with E-state index >= 15 is 0 Å². The second kappa shape index (κ2) is 10.3. The van der Waals surface area contributed by atoms with E-state index in [1.807, 2.05) is 43.3 Å². The van der Waals surface area contributed by atoms with E-state index in [-0.39, 0.29) is 24.3 Å². The Kier molecular flexibility index (Phi) is 7.27. The van der Waals surface area contributed by atoms with Gasteiger partial charge in [0, 0.05) is 18.7 Å². The first-order chi connectivity index (χ1) is 15.5. The summed E-state index contributed by atoms with van der Waals surface area (Å²) in [6, 6.07) is 15.7. The van der Waals surface area contributed by atoms with Crippen LogP contribution in [0.2, 0.25) is 0 Å². The molecule has 2 aromatic rings. The molecule has 2 amide bonds. The van der Waals surface area contributed by atoms with Gasteiger partial charge in [-0.3, -0.25) is 14.5 Å². The highest BCUT2D eigenvalue weighted by atomic mass is 32.2. The Morgan fingerprint density at radius 1 is 1.19 bits per heavy atom. The van der Waals surface area contributed by atoms with Gasteiger partial charge in [-0.25, -0.2) is 4.99 Å². The van der Waals surface area contributed by atoms with Gasteiger partial charge in [-0.15, -0.1) is 0 Å². The summed E-state index contributed by atoms with van der Waals surface area (Å²) in [5, 5.41) is 3.05. The molecule has 2 saturated heterocycles. The number of hydrogen-bond acceptors (Lipinski definition) is 5. The third-order valence-corrected chi connectivity index (χ3v) is 6.88. The highest BCUT2D eigenvalue weighted by Crippen LogP contribution is 2.33. The van der Waals surface area contributed by atoms with E-state index in [0.717, 1.165) is 42.8 Å². The fraction of sp³-hybridized carbons (Fsp3) is 0.400. The van der Waals surface area contributed by atoms with Crippen LogP contribution in [0, 0.1) is 6.92 Å². The minimum Gasteiger partial charge on any atom is -0.376 e. The van der Waals surface area contributed by atoms with Crippen LogP contribution >= 0.6 is 11.8 Å². The molecular weight excluding hydrogens is 422 g/mol. The Hall–Kier alpha value is -2.64. The van der Waals surface area contributed by atoms with Gasteiger partial charge in [-0.05, 0) is 56.0 Å². The molecule has 2 aromatic carbocycles. The first-order valence-electron chi connectivity index (χ1n) is 11.2. The average Bonchev–Trinajstić information content (AvgIpc) is 3.40. The number of amidine groups is 1. The van der Waals surface area contributed by atoms with Gasteiger partial charge in [0.15, 0.2) is 5.17 Å². The summed E-state index contributed by atoms with van der Waals surface area (Å²) >= 11 is 1.37. The molecule has 0 spiro atoms. The van der Waals surface area contributed by atoms with E-state index in [4.69, 9.17) is 9.73 Å². The number of aliphatic imine (C=N–C) groups is 1. The zero-order chi connectivity index (χ0) is 22.5. The van der Waals surface area contributed by atoms with Crippen molar-refractivity contribution >= 4 is 40.1 Å². The van der Waals surface area contributed by atoms with Crippen molar-refractivity contribution in [2.24, 2.45) is 4.99 Å². The van der Waals surface area contributed by atoms with Crippen molar-refractivity contribution in [2.75, 3.05) is 18.5 Å². The molecular formula is C25H29N3O3S. The lowest BCUT2D eigenvalue weighted by molar-refractivity contribution is -0.129. The van der Waals surface area contributed by atoms with E-state index in [2.05, 4.69) is 24.4 Å². The Balaban J connectivity index is 1.49. The third-order valence-electron chi connectivity index (χ3n) is 5.71. The maximum Gasteiger partial charge on any atom is 0.242 e. The van der Waals surface area contributed by atoms with Crippen LogP contribution in [-0.4, -0.2) is 46.4 Å². The van der Waals surface area contributed by atoms with Gasteiger partial charge in [-0.2, -0.15) is 0 Å². The van der Waals surface area contributed by atoms with Crippen molar-refractivity contribution in [3.05, 3.63) is 59.7 Å². The van der Waals surface area contributed by atoms with Crippen molar-refractivity contribution in [3.8, 4) is 0 Å². The van der Waals surface area contributed by atoms with Crippen LogP contribution in [-0.2, 0) is 20.7 Å². The fourth-order valence-corrected chi connectivity index (χ4v) is 4.99. The average molecular weight is 452 g/mol. The summed E-state index contributed by atoms with van der Waals surface area (Å²) in [7, 11) is 0. The Morgan fingerprint density at radius 2 is 1.94 bits per heavy atom. The number of carbonyl (C=O) groups is 2. The van der Waals surface area contributed by atoms with Gasteiger partial charge < -0.3 is 10.1 Å². The largest absolute Gasteiger partial charge is 0.376 e. The van der Waals surface area contributed by atoms with E-state index in [0.29, 0.717) is 11.7 Å². The molecule has 2 fully saturated rings. The van der Waals surface area contributed by atoms with Crippen LogP contribution in [0.25, 0.3) is 0 Å². The maximum absolute atomic E-state index is 13.2. The van der Waals surface area contributed by atoms with Gasteiger partial charge in [-0.1, -0.05) is 48.5 Å². The predicted molar refractivity (Wildman–Crippen MR) is 129 cm³/mol. The molecule has 2 atom stereocenters. The summed E-state index contributed by atoms with van der Waals surface area (Å²) < 4.78 is 5.76. The van der Waals surface area contributed by atoms with Gasteiger partial charge in [0.05, 0.1) is 18.3 Å². The van der Waals surface area contributed by atoms with Crippen molar-refractivity contribution in [1.82, 2.24) is 4.90 Å². The summed E-state index contributed by atoms with van der Waals surface area (Å²) in [5.74, 6) is -0.251. The summed E-state index contributed by atoms with van der Waals surface area (Å²) in [6.45, 7) is 5.32. The fourth-order valence-electron chi connectivity index (χ4n) is 3.82. The molecule has 2 aliphatic heterocycles. The molecule has 2 heterocycles. The lowest BCUT2D eigenvalue weighted by Crippen LogP contribution is -2.38. The maximum atomic E-state index is 13.2. The van der Waals surface area contributed by atoms with Crippen molar-refractivity contribution in [2.45, 2.75) is 50.9 Å². The standard InChI is InChI=1S/C25H29N3O3S/c1-3-18-8-12-20(13-9-18)27-25-28(16-21-5-4-14-31-21)24(30)22(32-25)15-23(29)26-19-10-6-17(2)7-11-19/h6-13,21-22H,3-5,14-16H2,1-2H3,(H,26,29). The van der Waals surface area contributed by atoms with Crippen LogP contribution < -0.4 is 5.32 Å². The molecule has 168 valence electrons. The van der Waals surface area contributed by atoms with E-state index in [1.54, 1.807) is 4.90 Å². The lowest BCUT2D eigenvalue weighted by Gasteiger charge is -2.20. The lowest BCUT2D eigenvalue weighted by atomic mass is 10.1. The van der Waals surface area contributed by atoms with Crippen LogP contribution in [0.1, 0.15) is 37.3 Å². The smallest absolute Gasteiger partial charge is 0.242 e. The number of amides is 2. The van der Waals surface area contributed by atoms with Gasteiger partial charge >= 0.3 is 0 Å².